The van der Waals surface area contributed by atoms with E-state index in [1.807, 2.05) is 13.8 Å². The molecule has 0 saturated carbocycles. The molecule has 1 rings (SSSR count). The second-order valence-electron chi connectivity index (χ2n) is 4.49. The van der Waals surface area contributed by atoms with Crippen LogP contribution < -0.4 is 15.8 Å². The summed E-state index contributed by atoms with van der Waals surface area (Å²) in [6.45, 7) is 4.36. The molecule has 0 fully saturated rings. The molecule has 1 amide bonds. The maximum atomic E-state index is 11.8. The maximum Gasteiger partial charge on any atom is 0.224 e. The second-order valence-corrected chi connectivity index (χ2v) is 4.93. The van der Waals surface area contributed by atoms with E-state index in [0.29, 0.717) is 29.5 Å². The van der Waals surface area contributed by atoms with E-state index in [4.69, 9.17) is 22.1 Å². The van der Waals surface area contributed by atoms with Gasteiger partial charge in [-0.2, -0.15) is 0 Å². The van der Waals surface area contributed by atoms with Crippen molar-refractivity contribution in [2.24, 2.45) is 5.73 Å². The molecular weight excluding hydrogens is 264 g/mol. The molecule has 19 heavy (non-hydrogen) atoms. The molecule has 0 radical (unpaired) electrons. The fourth-order valence-electron chi connectivity index (χ4n) is 1.68. The summed E-state index contributed by atoms with van der Waals surface area (Å²) in [6.07, 6.45) is 2.05. The largest absolute Gasteiger partial charge is 0.492 e. The summed E-state index contributed by atoms with van der Waals surface area (Å²) < 4.78 is 5.44. The topological polar surface area (TPSA) is 64.3 Å². The van der Waals surface area contributed by atoms with Crippen molar-refractivity contribution >= 4 is 23.2 Å². The lowest BCUT2D eigenvalue weighted by atomic mass is 10.1. The highest BCUT2D eigenvalue weighted by Gasteiger charge is 2.09. The molecule has 0 bridgehead atoms. The number of anilines is 1. The summed E-state index contributed by atoms with van der Waals surface area (Å²) in [5.74, 6) is 0.580. The number of carbonyl (C=O) groups excluding carboxylic acids is 1. The lowest BCUT2D eigenvalue weighted by molar-refractivity contribution is -0.116. The van der Waals surface area contributed by atoms with Crippen molar-refractivity contribution in [3.05, 3.63) is 23.2 Å². The number of ether oxygens (including phenoxy) is 1. The van der Waals surface area contributed by atoms with E-state index in [1.54, 1.807) is 18.2 Å². The summed E-state index contributed by atoms with van der Waals surface area (Å²) in [6, 6.07) is 5.30. The second kappa shape index (κ2) is 8.02. The monoisotopic (exact) mass is 284 g/mol. The van der Waals surface area contributed by atoms with E-state index >= 15 is 0 Å². The van der Waals surface area contributed by atoms with Gasteiger partial charge in [-0.05, 0) is 44.9 Å². The van der Waals surface area contributed by atoms with Crippen LogP contribution in [0.3, 0.4) is 0 Å². The zero-order valence-electron chi connectivity index (χ0n) is 11.4. The average Bonchev–Trinajstić information content (AvgIpc) is 2.32. The van der Waals surface area contributed by atoms with E-state index in [0.717, 1.165) is 12.8 Å². The highest BCUT2D eigenvalue weighted by Crippen LogP contribution is 2.28. The third-order valence-electron chi connectivity index (χ3n) is 2.58. The van der Waals surface area contributed by atoms with E-state index in [2.05, 4.69) is 5.32 Å². The Balaban J connectivity index is 2.59. The van der Waals surface area contributed by atoms with Gasteiger partial charge in [-0.3, -0.25) is 4.79 Å². The number of amides is 1. The Bertz CT molecular complexity index is 422. The summed E-state index contributed by atoms with van der Waals surface area (Å²) in [4.78, 5) is 11.8. The Morgan fingerprint density at radius 3 is 2.89 bits per heavy atom. The number of nitrogens with two attached hydrogens (primary N) is 1. The predicted octanol–water partition coefficient (Wildman–Crippen LogP) is 3.19. The van der Waals surface area contributed by atoms with Gasteiger partial charge in [0.05, 0.1) is 12.3 Å². The maximum absolute atomic E-state index is 11.8. The molecule has 0 spiro atoms. The normalized spacial score (nSPS) is 12.0. The van der Waals surface area contributed by atoms with Crippen LogP contribution in [-0.2, 0) is 4.79 Å². The van der Waals surface area contributed by atoms with Gasteiger partial charge in [0.25, 0.3) is 0 Å². The van der Waals surface area contributed by atoms with E-state index in [9.17, 15) is 4.79 Å². The van der Waals surface area contributed by atoms with E-state index in [1.165, 1.54) is 0 Å². The highest BCUT2D eigenvalue weighted by molar-refractivity contribution is 6.31. The van der Waals surface area contributed by atoms with Crippen molar-refractivity contribution in [3.63, 3.8) is 0 Å². The lowest BCUT2D eigenvalue weighted by Gasteiger charge is -2.12. The third kappa shape index (κ3) is 5.94. The van der Waals surface area contributed by atoms with Crippen LogP contribution in [0.25, 0.3) is 0 Å². The molecule has 0 aliphatic carbocycles. The Morgan fingerprint density at radius 1 is 1.53 bits per heavy atom. The van der Waals surface area contributed by atoms with Gasteiger partial charge in [0.2, 0.25) is 5.91 Å². The molecule has 1 atom stereocenters. The van der Waals surface area contributed by atoms with Gasteiger partial charge in [0, 0.05) is 17.5 Å². The number of benzene rings is 1. The first-order chi connectivity index (χ1) is 9.02. The van der Waals surface area contributed by atoms with Crippen molar-refractivity contribution in [1.82, 2.24) is 0 Å². The van der Waals surface area contributed by atoms with E-state index in [-0.39, 0.29) is 11.9 Å². The van der Waals surface area contributed by atoms with Gasteiger partial charge in [-0.15, -0.1) is 0 Å². The quantitative estimate of drug-likeness (QED) is 0.808. The molecule has 5 heteroatoms. The molecular formula is C14H21ClN2O2. The Kier molecular flexibility index (Phi) is 6.67. The van der Waals surface area contributed by atoms with Crippen molar-refractivity contribution in [2.75, 3.05) is 11.9 Å². The Hall–Kier alpha value is -1.26. The standard InChI is InChI=1S/C14H21ClN2O2/c1-3-19-13-8-7-11(15)9-12(13)17-14(18)6-4-5-10(2)16/h7-10H,3-6,16H2,1-2H3,(H,17,18). The fourth-order valence-corrected chi connectivity index (χ4v) is 1.85. The summed E-state index contributed by atoms with van der Waals surface area (Å²) in [5.41, 5.74) is 6.26. The van der Waals surface area contributed by atoms with Gasteiger partial charge >= 0.3 is 0 Å². The fraction of sp³-hybridized carbons (Fsp3) is 0.500. The van der Waals surface area contributed by atoms with Gasteiger partial charge in [0.15, 0.2) is 0 Å². The first kappa shape index (κ1) is 15.8. The lowest BCUT2D eigenvalue weighted by Crippen LogP contribution is -2.17. The SMILES string of the molecule is CCOc1ccc(Cl)cc1NC(=O)CCCC(C)N. The summed E-state index contributed by atoms with van der Waals surface area (Å²) >= 11 is 5.92. The molecule has 1 unspecified atom stereocenters. The molecule has 1 aromatic rings. The number of halogens is 1. The van der Waals surface area contributed by atoms with Crippen molar-refractivity contribution in [3.8, 4) is 5.75 Å². The van der Waals surface area contributed by atoms with Gasteiger partial charge in [-0.1, -0.05) is 11.6 Å². The van der Waals surface area contributed by atoms with Crippen LogP contribution in [0.4, 0.5) is 5.69 Å². The van der Waals surface area contributed by atoms with Gasteiger partial charge in [-0.25, -0.2) is 0 Å². The molecule has 0 aliphatic heterocycles. The Morgan fingerprint density at radius 2 is 2.26 bits per heavy atom. The predicted molar refractivity (Wildman–Crippen MR) is 78.8 cm³/mol. The first-order valence-corrected chi connectivity index (χ1v) is 6.88. The minimum Gasteiger partial charge on any atom is -0.492 e. The number of hydrogen-bond donors (Lipinski definition) is 2. The van der Waals surface area contributed by atoms with Crippen LogP contribution >= 0.6 is 11.6 Å². The third-order valence-corrected chi connectivity index (χ3v) is 2.81. The van der Waals surface area contributed by atoms with Crippen LogP contribution in [0.1, 0.15) is 33.1 Å². The van der Waals surface area contributed by atoms with Crippen LogP contribution in [0.2, 0.25) is 5.02 Å². The molecule has 0 aliphatic rings. The van der Waals surface area contributed by atoms with Gasteiger partial charge < -0.3 is 15.8 Å². The minimum absolute atomic E-state index is 0.0520. The van der Waals surface area contributed by atoms with Crippen LogP contribution in [0, 0.1) is 0 Å². The number of hydrogen-bond acceptors (Lipinski definition) is 3. The molecule has 4 nitrogen and oxygen atoms in total. The first-order valence-electron chi connectivity index (χ1n) is 6.50. The molecule has 0 saturated heterocycles. The zero-order valence-corrected chi connectivity index (χ0v) is 12.2. The number of nitrogens with one attached hydrogen (secondary N) is 1. The minimum atomic E-state index is -0.0520. The molecule has 0 aromatic heterocycles. The Labute approximate surface area is 119 Å². The average molecular weight is 285 g/mol. The van der Waals surface area contributed by atoms with Crippen molar-refractivity contribution < 1.29 is 9.53 Å². The molecule has 106 valence electrons. The zero-order chi connectivity index (χ0) is 14.3. The highest BCUT2D eigenvalue weighted by atomic mass is 35.5. The van der Waals surface area contributed by atoms with Crippen molar-refractivity contribution in [2.45, 2.75) is 39.2 Å². The molecule has 0 heterocycles. The smallest absolute Gasteiger partial charge is 0.224 e. The van der Waals surface area contributed by atoms with Crippen LogP contribution in [0.15, 0.2) is 18.2 Å². The summed E-state index contributed by atoms with van der Waals surface area (Å²) in [7, 11) is 0. The van der Waals surface area contributed by atoms with Crippen LogP contribution in [-0.4, -0.2) is 18.6 Å². The van der Waals surface area contributed by atoms with Crippen LogP contribution in [0.5, 0.6) is 5.75 Å². The number of carbonyl (C=O) groups is 1. The van der Waals surface area contributed by atoms with Gasteiger partial charge in [0.1, 0.15) is 5.75 Å². The molecule has 1 aromatic carbocycles. The molecule has 3 N–H and O–H groups in total. The number of rotatable bonds is 7. The summed E-state index contributed by atoms with van der Waals surface area (Å²) in [5, 5.41) is 3.38. The van der Waals surface area contributed by atoms with E-state index < -0.39 is 0 Å². The van der Waals surface area contributed by atoms with Crippen molar-refractivity contribution in [1.29, 1.82) is 0 Å².